The SMILES string of the molecule is CC(C)(Oc1ccc(CC(O)N(c2ccccc2)c2ccccc2)cc1)C(=O)O. The Labute approximate surface area is 170 Å². The van der Waals surface area contributed by atoms with Crippen LogP contribution < -0.4 is 9.64 Å². The van der Waals surface area contributed by atoms with Crippen LogP contribution in [-0.2, 0) is 11.2 Å². The normalized spacial score (nSPS) is 12.2. The third kappa shape index (κ3) is 5.15. The van der Waals surface area contributed by atoms with Gasteiger partial charge in [0.1, 0.15) is 12.0 Å². The summed E-state index contributed by atoms with van der Waals surface area (Å²) >= 11 is 0. The second-order valence-corrected chi connectivity index (χ2v) is 7.29. The van der Waals surface area contributed by atoms with Crippen molar-refractivity contribution < 1.29 is 19.7 Å². The predicted octanol–water partition coefficient (Wildman–Crippen LogP) is 4.63. The number of carboxylic acid groups (broad SMARTS) is 1. The summed E-state index contributed by atoms with van der Waals surface area (Å²) in [7, 11) is 0. The van der Waals surface area contributed by atoms with Crippen molar-refractivity contribution in [3.05, 3.63) is 90.5 Å². The minimum Gasteiger partial charge on any atom is -0.478 e. The van der Waals surface area contributed by atoms with Gasteiger partial charge in [-0.15, -0.1) is 0 Å². The Bertz CT molecular complexity index is 885. The van der Waals surface area contributed by atoms with E-state index in [4.69, 9.17) is 4.74 Å². The van der Waals surface area contributed by atoms with Crippen LogP contribution in [0.2, 0.25) is 0 Å². The fraction of sp³-hybridized carbons (Fsp3) is 0.208. The number of para-hydroxylation sites is 2. The largest absolute Gasteiger partial charge is 0.478 e. The fourth-order valence-electron chi connectivity index (χ4n) is 3.00. The molecule has 0 amide bonds. The van der Waals surface area contributed by atoms with E-state index in [1.165, 1.54) is 13.8 Å². The van der Waals surface area contributed by atoms with Crippen molar-refractivity contribution >= 4 is 17.3 Å². The van der Waals surface area contributed by atoms with Gasteiger partial charge in [0.05, 0.1) is 0 Å². The van der Waals surface area contributed by atoms with Crippen LogP contribution in [0.25, 0.3) is 0 Å². The van der Waals surface area contributed by atoms with Crippen molar-refractivity contribution in [2.24, 2.45) is 0 Å². The summed E-state index contributed by atoms with van der Waals surface area (Å²) < 4.78 is 5.54. The smallest absolute Gasteiger partial charge is 0.347 e. The topological polar surface area (TPSA) is 70.0 Å². The summed E-state index contributed by atoms with van der Waals surface area (Å²) in [6.07, 6.45) is -0.381. The van der Waals surface area contributed by atoms with Gasteiger partial charge in [0, 0.05) is 17.8 Å². The Morgan fingerprint density at radius 1 is 0.897 bits per heavy atom. The molecule has 3 aromatic rings. The van der Waals surface area contributed by atoms with E-state index in [2.05, 4.69) is 0 Å². The number of hydrogen-bond donors (Lipinski definition) is 2. The van der Waals surface area contributed by atoms with E-state index < -0.39 is 17.8 Å². The number of aliphatic hydroxyl groups excluding tert-OH is 1. The molecule has 29 heavy (non-hydrogen) atoms. The van der Waals surface area contributed by atoms with Gasteiger partial charge in [0.2, 0.25) is 0 Å². The second-order valence-electron chi connectivity index (χ2n) is 7.29. The molecule has 0 aliphatic carbocycles. The van der Waals surface area contributed by atoms with Crippen LogP contribution in [0.5, 0.6) is 5.75 Å². The van der Waals surface area contributed by atoms with E-state index in [-0.39, 0.29) is 0 Å². The Morgan fingerprint density at radius 2 is 1.38 bits per heavy atom. The highest BCUT2D eigenvalue weighted by molar-refractivity contribution is 5.76. The van der Waals surface area contributed by atoms with E-state index in [9.17, 15) is 15.0 Å². The lowest BCUT2D eigenvalue weighted by molar-refractivity contribution is -0.152. The molecule has 3 rings (SSSR count). The third-order valence-electron chi connectivity index (χ3n) is 4.60. The lowest BCUT2D eigenvalue weighted by Crippen LogP contribution is -2.37. The van der Waals surface area contributed by atoms with Crippen molar-refractivity contribution in [1.82, 2.24) is 0 Å². The minimum absolute atomic E-state index is 0.395. The van der Waals surface area contributed by atoms with Gasteiger partial charge < -0.3 is 19.8 Å². The first-order chi connectivity index (χ1) is 13.9. The monoisotopic (exact) mass is 391 g/mol. The van der Waals surface area contributed by atoms with Gasteiger partial charge in [0.25, 0.3) is 0 Å². The van der Waals surface area contributed by atoms with Crippen LogP contribution in [0, 0.1) is 0 Å². The van der Waals surface area contributed by atoms with Crippen LogP contribution in [0.3, 0.4) is 0 Å². The Hall–Kier alpha value is -3.31. The van der Waals surface area contributed by atoms with E-state index in [1.807, 2.05) is 77.7 Å². The summed E-state index contributed by atoms with van der Waals surface area (Å²) in [4.78, 5) is 13.1. The Kier molecular flexibility index (Phi) is 6.20. The number of aliphatic carboxylic acids is 1. The zero-order valence-electron chi connectivity index (χ0n) is 16.5. The molecule has 0 aliphatic heterocycles. The summed E-state index contributed by atoms with van der Waals surface area (Å²) in [6.45, 7) is 3.01. The van der Waals surface area contributed by atoms with Crippen LogP contribution in [0.15, 0.2) is 84.9 Å². The summed E-state index contributed by atoms with van der Waals surface area (Å²) in [5, 5.41) is 20.2. The summed E-state index contributed by atoms with van der Waals surface area (Å²) in [5.41, 5.74) is 1.40. The summed E-state index contributed by atoms with van der Waals surface area (Å²) in [6, 6.07) is 26.6. The van der Waals surface area contributed by atoms with Crippen molar-refractivity contribution in [3.8, 4) is 5.75 Å². The summed E-state index contributed by atoms with van der Waals surface area (Å²) in [5.74, 6) is -0.558. The van der Waals surface area contributed by atoms with Gasteiger partial charge in [-0.25, -0.2) is 4.79 Å². The third-order valence-corrected chi connectivity index (χ3v) is 4.60. The Balaban J connectivity index is 1.78. The maximum atomic E-state index is 11.2. The molecular weight excluding hydrogens is 366 g/mol. The molecule has 1 atom stereocenters. The molecule has 2 N–H and O–H groups in total. The molecule has 0 saturated heterocycles. The fourth-order valence-corrected chi connectivity index (χ4v) is 3.00. The average molecular weight is 391 g/mol. The van der Waals surface area contributed by atoms with Gasteiger partial charge in [-0.05, 0) is 55.8 Å². The maximum Gasteiger partial charge on any atom is 0.347 e. The molecule has 0 bridgehead atoms. The molecular formula is C24H25NO4. The molecule has 0 radical (unpaired) electrons. The number of carbonyl (C=O) groups is 1. The maximum absolute atomic E-state index is 11.2. The number of carboxylic acids is 1. The zero-order valence-corrected chi connectivity index (χ0v) is 16.5. The molecule has 5 nitrogen and oxygen atoms in total. The molecule has 150 valence electrons. The van der Waals surface area contributed by atoms with Crippen molar-refractivity contribution in [1.29, 1.82) is 0 Å². The van der Waals surface area contributed by atoms with Crippen LogP contribution in [0.1, 0.15) is 19.4 Å². The number of benzene rings is 3. The van der Waals surface area contributed by atoms with E-state index in [0.717, 1.165) is 16.9 Å². The lowest BCUT2D eigenvalue weighted by atomic mass is 10.1. The highest BCUT2D eigenvalue weighted by Gasteiger charge is 2.29. The first-order valence-electron chi connectivity index (χ1n) is 9.45. The van der Waals surface area contributed by atoms with Crippen molar-refractivity contribution in [2.45, 2.75) is 32.1 Å². The van der Waals surface area contributed by atoms with Crippen molar-refractivity contribution in [2.75, 3.05) is 4.90 Å². The molecule has 0 spiro atoms. The number of rotatable bonds is 8. The Morgan fingerprint density at radius 3 is 1.83 bits per heavy atom. The molecule has 0 aromatic heterocycles. The molecule has 3 aromatic carbocycles. The first kappa shape index (κ1) is 20.4. The van der Waals surface area contributed by atoms with E-state index >= 15 is 0 Å². The quantitative estimate of drug-likeness (QED) is 0.548. The predicted molar refractivity (Wildman–Crippen MR) is 114 cm³/mol. The van der Waals surface area contributed by atoms with Gasteiger partial charge >= 0.3 is 5.97 Å². The zero-order chi connectivity index (χ0) is 20.9. The minimum atomic E-state index is -1.31. The molecule has 5 heteroatoms. The second kappa shape index (κ2) is 8.80. The highest BCUT2D eigenvalue weighted by Crippen LogP contribution is 2.28. The first-order valence-corrected chi connectivity index (χ1v) is 9.45. The molecule has 0 heterocycles. The number of nitrogens with zero attached hydrogens (tertiary/aromatic N) is 1. The van der Waals surface area contributed by atoms with Gasteiger partial charge in [-0.1, -0.05) is 48.5 Å². The van der Waals surface area contributed by atoms with Gasteiger partial charge in [-0.2, -0.15) is 0 Å². The van der Waals surface area contributed by atoms with Crippen molar-refractivity contribution in [3.63, 3.8) is 0 Å². The average Bonchev–Trinajstić information content (AvgIpc) is 2.71. The highest BCUT2D eigenvalue weighted by atomic mass is 16.5. The molecule has 0 aliphatic rings. The van der Waals surface area contributed by atoms with Gasteiger partial charge in [-0.3, -0.25) is 0 Å². The molecule has 0 fully saturated rings. The van der Waals surface area contributed by atoms with Gasteiger partial charge in [0.15, 0.2) is 5.60 Å². The van der Waals surface area contributed by atoms with E-state index in [1.54, 1.807) is 12.1 Å². The molecule has 0 saturated carbocycles. The van der Waals surface area contributed by atoms with Crippen LogP contribution >= 0.6 is 0 Å². The number of aliphatic hydroxyl groups is 1. The number of ether oxygens (including phenoxy) is 1. The lowest BCUT2D eigenvalue weighted by Gasteiger charge is -2.30. The van der Waals surface area contributed by atoms with E-state index in [0.29, 0.717) is 12.2 Å². The molecule has 1 unspecified atom stereocenters. The number of hydrogen-bond acceptors (Lipinski definition) is 4. The number of anilines is 2. The van der Waals surface area contributed by atoms with Crippen LogP contribution in [-0.4, -0.2) is 28.0 Å². The van der Waals surface area contributed by atoms with Crippen LogP contribution in [0.4, 0.5) is 11.4 Å². The standard InChI is InChI=1S/C24H25NO4/c1-24(2,23(27)28)29-21-15-13-18(14-16-21)17-22(26)25(19-9-5-3-6-10-19)20-11-7-4-8-12-20/h3-16,22,26H,17H2,1-2H3,(H,27,28).